The fourth-order valence-corrected chi connectivity index (χ4v) is 2.80. The molecule has 21 heavy (non-hydrogen) atoms. The van der Waals surface area contributed by atoms with Gasteiger partial charge in [-0.3, -0.25) is 9.59 Å². The van der Waals surface area contributed by atoms with Crippen LogP contribution in [0.15, 0.2) is 24.3 Å². The van der Waals surface area contributed by atoms with E-state index in [4.69, 9.17) is 9.47 Å². The maximum Gasteiger partial charge on any atom is 0.231 e. The molecule has 0 radical (unpaired) electrons. The lowest BCUT2D eigenvalue weighted by molar-refractivity contribution is 0.0979. The van der Waals surface area contributed by atoms with Gasteiger partial charge in [0, 0.05) is 22.3 Å². The van der Waals surface area contributed by atoms with Crippen LogP contribution < -0.4 is 9.47 Å². The van der Waals surface area contributed by atoms with Gasteiger partial charge in [0.1, 0.15) is 0 Å². The van der Waals surface area contributed by atoms with Crippen molar-refractivity contribution in [2.75, 3.05) is 6.79 Å². The van der Waals surface area contributed by atoms with E-state index in [1.54, 1.807) is 24.3 Å². The van der Waals surface area contributed by atoms with Crippen molar-refractivity contribution in [2.24, 2.45) is 0 Å². The lowest BCUT2D eigenvalue weighted by atomic mass is 9.82. The summed E-state index contributed by atoms with van der Waals surface area (Å²) in [5.74, 6) is 0.756. The summed E-state index contributed by atoms with van der Waals surface area (Å²) in [6.07, 6.45) is 0. The lowest BCUT2D eigenvalue weighted by Crippen LogP contribution is -2.21. The first-order valence-corrected chi connectivity index (χ1v) is 6.70. The Hall–Kier alpha value is -2.62. The number of carbonyl (C=O) groups excluding carboxylic acids is 2. The molecule has 1 aliphatic carbocycles. The Labute approximate surface area is 121 Å². The zero-order valence-corrected chi connectivity index (χ0v) is 11.6. The average Bonchev–Trinajstić information content (AvgIpc) is 2.93. The van der Waals surface area contributed by atoms with Gasteiger partial charge in [0.15, 0.2) is 23.1 Å². The number of ether oxygens (including phenoxy) is 2. The minimum atomic E-state index is -0.138. The van der Waals surface area contributed by atoms with Crippen LogP contribution in [0.2, 0.25) is 0 Å². The molecule has 0 atom stereocenters. The van der Waals surface area contributed by atoms with Crippen LogP contribution in [0.4, 0.5) is 0 Å². The van der Waals surface area contributed by atoms with E-state index >= 15 is 0 Å². The molecule has 0 unspecified atom stereocenters. The Kier molecular flexibility index (Phi) is 2.28. The second-order valence-electron chi connectivity index (χ2n) is 5.39. The van der Waals surface area contributed by atoms with Crippen LogP contribution in [0.5, 0.6) is 11.5 Å². The molecule has 4 rings (SSSR count). The van der Waals surface area contributed by atoms with Gasteiger partial charge in [-0.05, 0) is 49.2 Å². The van der Waals surface area contributed by atoms with Gasteiger partial charge >= 0.3 is 0 Å². The number of hydrogen-bond acceptors (Lipinski definition) is 4. The Morgan fingerprint density at radius 3 is 1.52 bits per heavy atom. The number of rotatable bonds is 0. The summed E-state index contributed by atoms with van der Waals surface area (Å²) >= 11 is 0. The summed E-state index contributed by atoms with van der Waals surface area (Å²) in [5, 5.41) is 0. The third-order valence-electron chi connectivity index (χ3n) is 4.13. The maximum atomic E-state index is 12.7. The summed E-state index contributed by atoms with van der Waals surface area (Å²) in [6.45, 7) is 3.98. The molecule has 0 N–H and O–H groups in total. The summed E-state index contributed by atoms with van der Waals surface area (Å²) in [7, 11) is 0. The predicted molar refractivity (Wildman–Crippen MR) is 75.3 cm³/mol. The Morgan fingerprint density at radius 2 is 1.10 bits per heavy atom. The zero-order chi connectivity index (χ0) is 14.7. The molecule has 4 heteroatoms. The highest BCUT2D eigenvalue weighted by Gasteiger charge is 2.32. The van der Waals surface area contributed by atoms with E-state index < -0.39 is 0 Å². The number of carbonyl (C=O) groups is 2. The second-order valence-corrected chi connectivity index (χ2v) is 5.39. The van der Waals surface area contributed by atoms with Gasteiger partial charge in [-0.2, -0.15) is 0 Å². The van der Waals surface area contributed by atoms with Gasteiger partial charge in [-0.25, -0.2) is 0 Å². The third kappa shape index (κ3) is 1.56. The van der Waals surface area contributed by atoms with Crippen LogP contribution in [0, 0.1) is 13.8 Å². The average molecular weight is 280 g/mol. The van der Waals surface area contributed by atoms with Crippen molar-refractivity contribution in [2.45, 2.75) is 13.8 Å². The molecule has 0 aromatic heterocycles. The van der Waals surface area contributed by atoms with E-state index in [1.807, 2.05) is 13.8 Å². The van der Waals surface area contributed by atoms with Gasteiger partial charge in [0.2, 0.25) is 6.79 Å². The standard InChI is InChI=1S/C17H12O4/c1-8-3-10-11(4-9(8)2)17(19)13-6-15-14(20-7-21-15)5-12(13)16(10)18/h3-6H,7H2,1-2H3. The molecule has 0 saturated heterocycles. The number of aryl methyl sites for hydroxylation is 2. The molecule has 1 heterocycles. The van der Waals surface area contributed by atoms with Gasteiger partial charge in [-0.1, -0.05) is 0 Å². The van der Waals surface area contributed by atoms with Crippen molar-refractivity contribution >= 4 is 11.6 Å². The molecule has 2 aliphatic rings. The highest BCUT2D eigenvalue weighted by Crippen LogP contribution is 2.39. The molecule has 0 bridgehead atoms. The van der Waals surface area contributed by atoms with E-state index in [0.29, 0.717) is 33.8 Å². The Morgan fingerprint density at radius 1 is 0.714 bits per heavy atom. The number of fused-ring (bicyclic) bond motifs is 3. The first-order chi connectivity index (χ1) is 10.1. The second kappa shape index (κ2) is 3.95. The summed E-state index contributed by atoms with van der Waals surface area (Å²) in [4.78, 5) is 25.3. The highest BCUT2D eigenvalue weighted by atomic mass is 16.7. The number of benzene rings is 2. The van der Waals surface area contributed by atoms with Gasteiger partial charge in [0.05, 0.1) is 0 Å². The molecule has 104 valence electrons. The van der Waals surface area contributed by atoms with Crippen LogP contribution in [0.1, 0.15) is 43.0 Å². The van der Waals surface area contributed by atoms with Crippen LogP contribution in [-0.2, 0) is 0 Å². The third-order valence-corrected chi connectivity index (χ3v) is 4.13. The normalized spacial score (nSPS) is 15.0. The van der Waals surface area contributed by atoms with Crippen molar-refractivity contribution < 1.29 is 19.1 Å². The first kappa shape index (κ1) is 12.1. The largest absolute Gasteiger partial charge is 0.454 e. The monoisotopic (exact) mass is 280 g/mol. The summed E-state index contributed by atoms with van der Waals surface area (Å²) in [5.41, 5.74) is 3.71. The van der Waals surface area contributed by atoms with E-state index in [1.165, 1.54) is 0 Å². The highest BCUT2D eigenvalue weighted by molar-refractivity contribution is 6.28. The van der Waals surface area contributed by atoms with E-state index in [9.17, 15) is 9.59 Å². The Balaban J connectivity index is 1.99. The first-order valence-electron chi connectivity index (χ1n) is 6.70. The SMILES string of the molecule is Cc1cc2c(cc1C)C(=O)c1cc3c(cc1C2=O)OCO3. The molecule has 0 spiro atoms. The molecule has 2 aromatic carbocycles. The van der Waals surface area contributed by atoms with Crippen LogP contribution in [0.3, 0.4) is 0 Å². The van der Waals surface area contributed by atoms with Crippen molar-refractivity contribution in [1.82, 2.24) is 0 Å². The molecule has 0 amide bonds. The van der Waals surface area contributed by atoms with Gasteiger partial charge in [0.25, 0.3) is 0 Å². The molecule has 0 fully saturated rings. The fraction of sp³-hybridized carbons (Fsp3) is 0.176. The van der Waals surface area contributed by atoms with Crippen molar-refractivity contribution in [1.29, 1.82) is 0 Å². The van der Waals surface area contributed by atoms with Crippen LogP contribution in [0.25, 0.3) is 0 Å². The molecular weight excluding hydrogens is 268 g/mol. The lowest BCUT2D eigenvalue weighted by Gasteiger charge is -2.19. The maximum absolute atomic E-state index is 12.7. The van der Waals surface area contributed by atoms with Crippen molar-refractivity contribution in [3.63, 3.8) is 0 Å². The molecule has 0 saturated carbocycles. The van der Waals surface area contributed by atoms with E-state index in [0.717, 1.165) is 11.1 Å². The summed E-state index contributed by atoms with van der Waals surface area (Å²) < 4.78 is 10.6. The van der Waals surface area contributed by atoms with E-state index in [2.05, 4.69) is 0 Å². The molecule has 4 nitrogen and oxygen atoms in total. The summed E-state index contributed by atoms with van der Waals surface area (Å²) in [6, 6.07) is 6.79. The minimum absolute atomic E-state index is 0.117. The van der Waals surface area contributed by atoms with E-state index in [-0.39, 0.29) is 18.4 Å². The smallest absolute Gasteiger partial charge is 0.231 e. The van der Waals surface area contributed by atoms with Crippen LogP contribution >= 0.6 is 0 Å². The minimum Gasteiger partial charge on any atom is -0.454 e. The Bertz CT molecular complexity index is 765. The van der Waals surface area contributed by atoms with Gasteiger partial charge in [-0.15, -0.1) is 0 Å². The van der Waals surface area contributed by atoms with Gasteiger partial charge < -0.3 is 9.47 Å². The van der Waals surface area contributed by atoms with Crippen LogP contribution in [-0.4, -0.2) is 18.4 Å². The number of hydrogen-bond donors (Lipinski definition) is 0. The zero-order valence-electron chi connectivity index (χ0n) is 11.6. The molecule has 1 aliphatic heterocycles. The van der Waals surface area contributed by atoms with Crippen molar-refractivity contribution in [3.8, 4) is 11.5 Å². The predicted octanol–water partition coefficient (Wildman–Crippen LogP) is 2.81. The number of ketones is 2. The molecule has 2 aromatic rings. The van der Waals surface area contributed by atoms with Crippen molar-refractivity contribution in [3.05, 3.63) is 57.6 Å². The fourth-order valence-electron chi connectivity index (χ4n) is 2.80. The molecular formula is C17H12O4. The topological polar surface area (TPSA) is 52.6 Å². The quantitative estimate of drug-likeness (QED) is 0.635.